The van der Waals surface area contributed by atoms with Gasteiger partial charge in [0, 0.05) is 18.7 Å². The smallest absolute Gasteiger partial charge is 0.325 e. The molecular weight excluding hydrogens is 233 g/mol. The average Bonchev–Trinajstić information content (AvgIpc) is 2.30. The predicted octanol–water partition coefficient (Wildman–Crippen LogP) is 1.70. The molecule has 1 rings (SSSR count). The Kier molecular flexibility index (Phi) is 5.22. The van der Waals surface area contributed by atoms with E-state index >= 15 is 0 Å². The van der Waals surface area contributed by atoms with Crippen LogP contribution in [0.25, 0.3) is 0 Å². The van der Waals surface area contributed by atoms with Crippen LogP contribution in [0.5, 0.6) is 0 Å². The Hall–Kier alpha value is -1.13. The lowest BCUT2D eigenvalue weighted by Crippen LogP contribution is -2.29. The molecule has 5 heteroatoms. The van der Waals surface area contributed by atoms with Crippen LogP contribution in [0.2, 0.25) is 0 Å². The van der Waals surface area contributed by atoms with Gasteiger partial charge in [0.15, 0.2) is 0 Å². The Morgan fingerprint density at radius 3 is 2.88 bits per heavy atom. The Labute approximate surface area is 98.5 Å². The van der Waals surface area contributed by atoms with Crippen molar-refractivity contribution in [3.05, 3.63) is 35.6 Å². The van der Waals surface area contributed by atoms with E-state index in [1.165, 1.54) is 13.2 Å². The summed E-state index contributed by atoms with van der Waals surface area (Å²) in [5.74, 6) is -0.776. The highest BCUT2D eigenvalue weighted by molar-refractivity contribution is 6.30. The maximum absolute atomic E-state index is 13.2. The van der Waals surface area contributed by atoms with Gasteiger partial charge in [-0.1, -0.05) is 18.2 Å². The van der Waals surface area contributed by atoms with E-state index in [0.717, 1.165) is 0 Å². The third kappa shape index (κ3) is 3.79. The molecule has 0 saturated carbocycles. The quantitative estimate of drug-likeness (QED) is 0.634. The standard InChI is InChI=1S/C11H13ClFNO2/c1-16-11(15)9(12)7-14-6-8-4-2-3-5-10(8)13/h2-5,9,14H,6-7H2,1H3. The lowest BCUT2D eigenvalue weighted by atomic mass is 10.2. The first kappa shape index (κ1) is 12.9. The number of methoxy groups -OCH3 is 1. The number of hydrogen-bond acceptors (Lipinski definition) is 3. The van der Waals surface area contributed by atoms with Crippen LogP contribution >= 0.6 is 11.6 Å². The van der Waals surface area contributed by atoms with E-state index < -0.39 is 11.3 Å². The predicted molar refractivity (Wildman–Crippen MR) is 59.8 cm³/mol. The topological polar surface area (TPSA) is 38.3 Å². The summed E-state index contributed by atoms with van der Waals surface area (Å²) < 4.78 is 17.6. The van der Waals surface area contributed by atoms with Gasteiger partial charge < -0.3 is 10.1 Å². The summed E-state index contributed by atoms with van der Waals surface area (Å²) in [6.45, 7) is 0.565. The third-order valence-electron chi connectivity index (χ3n) is 2.05. The number of esters is 1. The third-order valence-corrected chi connectivity index (χ3v) is 2.39. The highest BCUT2D eigenvalue weighted by Crippen LogP contribution is 2.05. The Morgan fingerprint density at radius 1 is 1.56 bits per heavy atom. The summed E-state index contributed by atoms with van der Waals surface area (Å²) in [6, 6.07) is 6.43. The molecule has 16 heavy (non-hydrogen) atoms. The number of alkyl halides is 1. The molecule has 3 nitrogen and oxygen atoms in total. The number of carbonyl (C=O) groups excluding carboxylic acids is 1. The molecule has 1 N–H and O–H groups in total. The fourth-order valence-electron chi connectivity index (χ4n) is 1.19. The Bertz CT molecular complexity index is 360. The molecule has 0 radical (unpaired) electrons. The number of rotatable bonds is 5. The summed E-state index contributed by atoms with van der Waals surface area (Å²) in [5.41, 5.74) is 0.538. The van der Waals surface area contributed by atoms with E-state index in [-0.39, 0.29) is 12.4 Å². The average molecular weight is 246 g/mol. The molecule has 1 aromatic carbocycles. The first-order chi connectivity index (χ1) is 7.65. The molecule has 0 aromatic heterocycles. The van der Waals surface area contributed by atoms with Gasteiger partial charge in [-0.05, 0) is 6.07 Å². The van der Waals surface area contributed by atoms with Gasteiger partial charge in [-0.25, -0.2) is 4.39 Å². The van der Waals surface area contributed by atoms with Gasteiger partial charge in [0.25, 0.3) is 0 Å². The minimum absolute atomic E-state index is 0.239. The molecule has 0 aliphatic carbocycles. The van der Waals surface area contributed by atoms with Gasteiger partial charge in [0.05, 0.1) is 7.11 Å². The van der Waals surface area contributed by atoms with Crippen molar-refractivity contribution in [2.45, 2.75) is 11.9 Å². The van der Waals surface area contributed by atoms with Crippen LogP contribution in [0.3, 0.4) is 0 Å². The highest BCUT2D eigenvalue weighted by Gasteiger charge is 2.14. The van der Waals surface area contributed by atoms with Crippen molar-refractivity contribution in [2.75, 3.05) is 13.7 Å². The van der Waals surface area contributed by atoms with Crippen molar-refractivity contribution >= 4 is 17.6 Å². The Morgan fingerprint density at radius 2 is 2.25 bits per heavy atom. The minimum Gasteiger partial charge on any atom is -0.468 e. The van der Waals surface area contributed by atoms with Crippen molar-refractivity contribution in [1.82, 2.24) is 5.32 Å². The molecule has 0 aliphatic rings. The molecule has 0 bridgehead atoms. The summed E-state index contributed by atoms with van der Waals surface area (Å²) in [4.78, 5) is 11.0. The van der Waals surface area contributed by atoms with Crippen LogP contribution in [-0.4, -0.2) is 25.0 Å². The van der Waals surface area contributed by atoms with Crippen molar-refractivity contribution in [3.63, 3.8) is 0 Å². The summed E-state index contributed by atoms with van der Waals surface area (Å²) >= 11 is 5.71. The second-order valence-electron chi connectivity index (χ2n) is 3.21. The van der Waals surface area contributed by atoms with Crippen LogP contribution < -0.4 is 5.32 Å². The van der Waals surface area contributed by atoms with Gasteiger partial charge in [0.2, 0.25) is 0 Å². The summed E-state index contributed by atoms with van der Waals surface area (Å²) in [7, 11) is 1.27. The van der Waals surface area contributed by atoms with Gasteiger partial charge in [-0.3, -0.25) is 4.79 Å². The lowest BCUT2D eigenvalue weighted by Gasteiger charge is -2.09. The second kappa shape index (κ2) is 6.45. The molecule has 0 amide bonds. The maximum Gasteiger partial charge on any atom is 0.325 e. The van der Waals surface area contributed by atoms with E-state index in [2.05, 4.69) is 10.1 Å². The largest absolute Gasteiger partial charge is 0.468 e. The van der Waals surface area contributed by atoms with Crippen molar-refractivity contribution in [2.24, 2.45) is 0 Å². The second-order valence-corrected chi connectivity index (χ2v) is 3.74. The zero-order valence-corrected chi connectivity index (χ0v) is 9.63. The van der Waals surface area contributed by atoms with E-state index in [1.807, 2.05) is 0 Å². The van der Waals surface area contributed by atoms with Crippen molar-refractivity contribution in [1.29, 1.82) is 0 Å². The molecule has 88 valence electrons. The summed E-state index contributed by atoms with van der Waals surface area (Å²) in [6.07, 6.45) is 0. The normalized spacial score (nSPS) is 12.2. The van der Waals surface area contributed by atoms with Crippen LogP contribution in [0.4, 0.5) is 4.39 Å². The van der Waals surface area contributed by atoms with E-state index in [1.54, 1.807) is 18.2 Å². The number of halogens is 2. The van der Waals surface area contributed by atoms with Crippen LogP contribution in [-0.2, 0) is 16.1 Å². The van der Waals surface area contributed by atoms with Gasteiger partial charge in [0.1, 0.15) is 11.2 Å². The highest BCUT2D eigenvalue weighted by atomic mass is 35.5. The molecule has 1 atom stereocenters. The molecule has 0 heterocycles. The fraction of sp³-hybridized carbons (Fsp3) is 0.364. The molecule has 0 aliphatic heterocycles. The SMILES string of the molecule is COC(=O)C(Cl)CNCc1ccccc1F. The molecule has 0 saturated heterocycles. The zero-order valence-electron chi connectivity index (χ0n) is 8.87. The van der Waals surface area contributed by atoms with E-state index in [9.17, 15) is 9.18 Å². The molecule has 0 fully saturated rings. The fourth-order valence-corrected chi connectivity index (χ4v) is 1.38. The molecule has 1 unspecified atom stereocenters. The molecule has 1 aromatic rings. The monoisotopic (exact) mass is 245 g/mol. The minimum atomic E-state index is -0.753. The first-order valence-electron chi connectivity index (χ1n) is 4.81. The number of ether oxygens (including phenoxy) is 1. The van der Waals surface area contributed by atoms with E-state index in [0.29, 0.717) is 12.1 Å². The molecule has 0 spiro atoms. The van der Waals surface area contributed by atoms with Crippen LogP contribution in [0.15, 0.2) is 24.3 Å². The number of benzene rings is 1. The van der Waals surface area contributed by atoms with Crippen LogP contribution in [0, 0.1) is 5.82 Å². The first-order valence-corrected chi connectivity index (χ1v) is 5.25. The van der Waals surface area contributed by atoms with Gasteiger partial charge in [-0.15, -0.1) is 11.6 Å². The Balaban J connectivity index is 2.36. The van der Waals surface area contributed by atoms with E-state index in [4.69, 9.17) is 11.6 Å². The number of nitrogens with one attached hydrogen (secondary N) is 1. The van der Waals surface area contributed by atoms with Gasteiger partial charge >= 0.3 is 5.97 Å². The van der Waals surface area contributed by atoms with Gasteiger partial charge in [-0.2, -0.15) is 0 Å². The van der Waals surface area contributed by atoms with Crippen molar-refractivity contribution in [3.8, 4) is 0 Å². The van der Waals surface area contributed by atoms with Crippen molar-refractivity contribution < 1.29 is 13.9 Å². The maximum atomic E-state index is 13.2. The van der Waals surface area contributed by atoms with Crippen LogP contribution in [0.1, 0.15) is 5.56 Å². The molecular formula is C11H13ClFNO2. The lowest BCUT2D eigenvalue weighted by molar-refractivity contribution is -0.140. The summed E-state index contributed by atoms with van der Waals surface area (Å²) in [5, 5.41) is 2.13. The number of carbonyl (C=O) groups is 1. The zero-order chi connectivity index (χ0) is 12.0. The number of hydrogen-bond donors (Lipinski definition) is 1.